The highest BCUT2D eigenvalue weighted by atomic mass is 35.5. The Balaban J connectivity index is 0.00000192. The van der Waals surface area contributed by atoms with Crippen molar-refractivity contribution in [3.8, 4) is 0 Å². The second kappa shape index (κ2) is 8.04. The average Bonchev–Trinajstić information content (AvgIpc) is 3.09. The number of anilines is 1. The maximum Gasteiger partial charge on any atom is 0.249 e. The van der Waals surface area contributed by atoms with Gasteiger partial charge in [0.05, 0.1) is 6.04 Å². The Hall–Kier alpha value is -1.24. The molecule has 3 rings (SSSR count). The van der Waals surface area contributed by atoms with Gasteiger partial charge in [-0.3, -0.25) is 14.9 Å². The fourth-order valence-corrected chi connectivity index (χ4v) is 3.97. The van der Waals surface area contributed by atoms with E-state index in [4.69, 9.17) is 0 Å². The van der Waals surface area contributed by atoms with Crippen LogP contribution in [0, 0.1) is 0 Å². The van der Waals surface area contributed by atoms with Gasteiger partial charge in [-0.1, -0.05) is 18.2 Å². The fraction of sp³-hybridized carbons (Fsp3) is 0.500. The topological polar surface area (TPSA) is 52.7 Å². The van der Waals surface area contributed by atoms with Crippen LogP contribution < -0.4 is 10.2 Å². The van der Waals surface area contributed by atoms with Gasteiger partial charge in [0.2, 0.25) is 11.8 Å². The largest absolute Gasteiger partial charge is 0.332 e. The van der Waals surface area contributed by atoms with Crippen molar-refractivity contribution in [1.29, 1.82) is 0 Å². The van der Waals surface area contributed by atoms with Crippen LogP contribution in [0.4, 0.5) is 5.69 Å². The van der Waals surface area contributed by atoms with E-state index in [2.05, 4.69) is 5.32 Å². The number of nitrogens with zero attached hydrogens (tertiary/aromatic N) is 2. The number of thioether (sulfide) groups is 1. The molecular weight excluding hydrogens is 334 g/mol. The van der Waals surface area contributed by atoms with Crippen molar-refractivity contribution >= 4 is 41.7 Å². The van der Waals surface area contributed by atoms with Crippen LogP contribution >= 0.6 is 24.2 Å². The van der Waals surface area contributed by atoms with E-state index in [-0.39, 0.29) is 36.3 Å². The summed E-state index contributed by atoms with van der Waals surface area (Å²) in [4.78, 5) is 28.7. The van der Waals surface area contributed by atoms with Crippen molar-refractivity contribution in [3.63, 3.8) is 0 Å². The van der Waals surface area contributed by atoms with E-state index in [1.54, 1.807) is 28.6 Å². The third-order valence-electron chi connectivity index (χ3n) is 4.31. The minimum Gasteiger partial charge on any atom is -0.332 e. The molecule has 0 aromatic heterocycles. The molecule has 0 radical (unpaired) electrons. The van der Waals surface area contributed by atoms with E-state index in [1.807, 2.05) is 30.3 Å². The molecule has 5 nitrogen and oxygen atoms in total. The van der Waals surface area contributed by atoms with Crippen molar-refractivity contribution in [3.05, 3.63) is 30.3 Å². The van der Waals surface area contributed by atoms with Crippen molar-refractivity contribution in [2.45, 2.75) is 24.9 Å². The van der Waals surface area contributed by atoms with Gasteiger partial charge in [-0.25, -0.2) is 0 Å². The van der Waals surface area contributed by atoms with Crippen molar-refractivity contribution < 1.29 is 9.59 Å². The first-order valence-corrected chi connectivity index (χ1v) is 8.78. The van der Waals surface area contributed by atoms with E-state index in [0.29, 0.717) is 0 Å². The molecule has 126 valence electrons. The summed E-state index contributed by atoms with van der Waals surface area (Å²) in [7, 11) is 1.75. The van der Waals surface area contributed by atoms with Crippen molar-refractivity contribution in [2.24, 2.45) is 0 Å². The smallest absolute Gasteiger partial charge is 0.249 e. The molecule has 1 aromatic carbocycles. The van der Waals surface area contributed by atoms with Gasteiger partial charge in [-0.15, -0.1) is 24.2 Å². The van der Waals surface area contributed by atoms with Crippen LogP contribution in [-0.4, -0.2) is 54.0 Å². The monoisotopic (exact) mass is 355 g/mol. The molecule has 2 amide bonds. The van der Waals surface area contributed by atoms with E-state index in [0.717, 1.165) is 36.7 Å². The molecule has 1 N–H and O–H groups in total. The maximum atomic E-state index is 12.8. The molecule has 0 aliphatic carbocycles. The molecule has 2 heterocycles. The Morgan fingerprint density at radius 1 is 1.35 bits per heavy atom. The summed E-state index contributed by atoms with van der Waals surface area (Å²) >= 11 is 1.72. The number of hydrogen-bond acceptors (Lipinski definition) is 4. The lowest BCUT2D eigenvalue weighted by Gasteiger charge is -2.37. The molecule has 2 atom stereocenters. The first-order valence-electron chi connectivity index (χ1n) is 7.62. The van der Waals surface area contributed by atoms with Gasteiger partial charge in [0.15, 0.2) is 0 Å². The minimum atomic E-state index is -0.353. The summed E-state index contributed by atoms with van der Waals surface area (Å²) < 4.78 is 0. The molecule has 2 aliphatic rings. The Morgan fingerprint density at radius 3 is 2.74 bits per heavy atom. The molecule has 2 fully saturated rings. The Kier molecular flexibility index (Phi) is 6.33. The summed E-state index contributed by atoms with van der Waals surface area (Å²) in [5, 5.41) is 3.18. The number of rotatable bonds is 3. The standard InChI is InChI=1S/C16H21N3O2S.ClH/c1-18(15(20)13-10-22-11-17-13)14-8-5-9-19(16(14)21)12-6-3-2-4-7-12;/h2-4,6-7,13-14,17H,5,8-11H2,1H3;1H. The molecule has 2 aliphatic heterocycles. The van der Waals surface area contributed by atoms with Crippen molar-refractivity contribution in [2.75, 3.05) is 30.1 Å². The lowest BCUT2D eigenvalue weighted by atomic mass is 10.0. The third kappa shape index (κ3) is 3.82. The van der Waals surface area contributed by atoms with Gasteiger partial charge >= 0.3 is 0 Å². The van der Waals surface area contributed by atoms with E-state index in [9.17, 15) is 9.59 Å². The van der Waals surface area contributed by atoms with Gasteiger partial charge in [0.1, 0.15) is 6.04 Å². The molecule has 23 heavy (non-hydrogen) atoms. The van der Waals surface area contributed by atoms with Crippen LogP contribution in [0.3, 0.4) is 0 Å². The summed E-state index contributed by atoms with van der Waals surface area (Å²) in [5.41, 5.74) is 0.910. The molecule has 1 aromatic rings. The molecule has 0 saturated carbocycles. The maximum absolute atomic E-state index is 12.8. The number of likely N-dealkylation sites (N-methyl/N-ethyl adjacent to an activating group) is 1. The van der Waals surface area contributed by atoms with Crippen LogP contribution in [0.2, 0.25) is 0 Å². The number of hydrogen-bond donors (Lipinski definition) is 1. The third-order valence-corrected chi connectivity index (χ3v) is 5.25. The van der Waals surface area contributed by atoms with Crippen LogP contribution in [0.1, 0.15) is 12.8 Å². The van der Waals surface area contributed by atoms with Gasteiger partial charge in [-0.2, -0.15) is 0 Å². The predicted octanol–water partition coefficient (Wildman–Crippen LogP) is 1.72. The summed E-state index contributed by atoms with van der Waals surface area (Å²) in [6, 6.07) is 9.17. The molecule has 2 saturated heterocycles. The van der Waals surface area contributed by atoms with Crippen LogP contribution in [0.25, 0.3) is 0 Å². The average molecular weight is 356 g/mol. The highest BCUT2D eigenvalue weighted by Gasteiger charge is 2.37. The number of carbonyl (C=O) groups excluding carboxylic acids is 2. The Bertz CT molecular complexity index is 552. The molecule has 2 unspecified atom stereocenters. The Labute approximate surface area is 147 Å². The molecule has 7 heteroatoms. The minimum absolute atomic E-state index is 0. The molecule has 0 bridgehead atoms. The highest BCUT2D eigenvalue weighted by molar-refractivity contribution is 7.99. The number of carbonyl (C=O) groups is 2. The number of para-hydroxylation sites is 1. The van der Waals surface area contributed by atoms with Gasteiger partial charge in [-0.05, 0) is 25.0 Å². The van der Waals surface area contributed by atoms with Crippen LogP contribution in [0.5, 0.6) is 0 Å². The van der Waals surface area contributed by atoms with Gasteiger partial charge < -0.3 is 9.80 Å². The summed E-state index contributed by atoms with van der Waals surface area (Å²) in [6.07, 6.45) is 1.65. The predicted molar refractivity (Wildman–Crippen MR) is 96.1 cm³/mol. The van der Waals surface area contributed by atoms with Crippen LogP contribution in [-0.2, 0) is 9.59 Å². The summed E-state index contributed by atoms with van der Waals surface area (Å²) in [6.45, 7) is 0.721. The summed E-state index contributed by atoms with van der Waals surface area (Å²) in [5.74, 6) is 1.64. The van der Waals surface area contributed by atoms with Crippen molar-refractivity contribution in [1.82, 2.24) is 10.2 Å². The Morgan fingerprint density at radius 2 is 2.09 bits per heavy atom. The second-order valence-corrected chi connectivity index (χ2v) is 6.73. The van der Waals surface area contributed by atoms with E-state index in [1.165, 1.54) is 0 Å². The number of nitrogens with one attached hydrogen (secondary N) is 1. The molecular formula is C16H22ClN3O2S. The first kappa shape index (κ1) is 18.1. The quantitative estimate of drug-likeness (QED) is 0.897. The van der Waals surface area contributed by atoms with Gasteiger partial charge in [0, 0.05) is 30.9 Å². The van der Waals surface area contributed by atoms with Gasteiger partial charge in [0.25, 0.3) is 0 Å². The zero-order chi connectivity index (χ0) is 15.5. The number of amides is 2. The number of benzene rings is 1. The highest BCUT2D eigenvalue weighted by Crippen LogP contribution is 2.24. The van der Waals surface area contributed by atoms with E-state index >= 15 is 0 Å². The lowest BCUT2D eigenvalue weighted by molar-refractivity contribution is -0.139. The SMILES string of the molecule is CN(C(=O)C1CSCN1)C1CCCN(c2ccccc2)C1=O.Cl. The number of piperidine rings is 1. The van der Waals surface area contributed by atoms with Crippen LogP contribution in [0.15, 0.2) is 30.3 Å². The zero-order valence-electron chi connectivity index (χ0n) is 13.1. The van der Waals surface area contributed by atoms with E-state index < -0.39 is 0 Å². The lowest BCUT2D eigenvalue weighted by Crippen LogP contribution is -2.56. The zero-order valence-corrected chi connectivity index (χ0v) is 14.7. The fourth-order valence-electron chi connectivity index (χ4n) is 3.03. The second-order valence-electron chi connectivity index (χ2n) is 5.70. The number of halogens is 1. The first-order chi connectivity index (χ1) is 10.7. The normalized spacial score (nSPS) is 24.2. The molecule has 0 spiro atoms.